The summed E-state index contributed by atoms with van der Waals surface area (Å²) in [5.41, 5.74) is 6.03. The van der Waals surface area contributed by atoms with Crippen LogP contribution in [-0.2, 0) is 0 Å². The van der Waals surface area contributed by atoms with Crippen molar-refractivity contribution < 1.29 is 15.0 Å². The number of hydrogen-bond acceptors (Lipinski definition) is 6. The van der Waals surface area contributed by atoms with Crippen molar-refractivity contribution in [3.63, 3.8) is 0 Å². The minimum atomic E-state index is -0.554. The second kappa shape index (κ2) is 12.1. The van der Waals surface area contributed by atoms with Crippen molar-refractivity contribution in [2.24, 2.45) is 10.2 Å². The van der Waals surface area contributed by atoms with E-state index in [1.165, 1.54) is 36.7 Å². The van der Waals surface area contributed by atoms with Crippen LogP contribution in [0.15, 0.2) is 58.7 Å². The number of carbonyl (C=O) groups excluding carboxylic acids is 1. The number of halogens is 4. The van der Waals surface area contributed by atoms with Gasteiger partial charge in [0.2, 0.25) is 0 Å². The number of anilines is 1. The third-order valence-electron chi connectivity index (χ3n) is 4.27. The van der Waals surface area contributed by atoms with E-state index in [1.54, 1.807) is 24.3 Å². The van der Waals surface area contributed by atoms with Gasteiger partial charge in [-0.3, -0.25) is 10.2 Å². The van der Waals surface area contributed by atoms with Gasteiger partial charge < -0.3 is 15.5 Å². The molecule has 0 saturated heterocycles. The Morgan fingerprint density at radius 1 is 0.829 bits per heavy atom. The summed E-state index contributed by atoms with van der Waals surface area (Å²) in [7, 11) is 0. The van der Waals surface area contributed by atoms with Gasteiger partial charge in [0.1, 0.15) is 11.5 Å². The first kappa shape index (κ1) is 26.5. The topological polar surface area (TPSA) is 118 Å². The third kappa shape index (κ3) is 7.20. The van der Waals surface area contributed by atoms with Crippen LogP contribution in [0.4, 0.5) is 5.69 Å². The van der Waals surface area contributed by atoms with Crippen LogP contribution >= 0.6 is 58.6 Å². The van der Waals surface area contributed by atoms with E-state index in [1.807, 2.05) is 0 Å². The van der Waals surface area contributed by atoms with Crippen molar-refractivity contribution in [2.75, 3.05) is 5.32 Å². The van der Waals surface area contributed by atoms with Gasteiger partial charge in [-0.15, -0.1) is 0 Å². The molecular weight excluding hydrogens is 556 g/mol. The SMILES string of the molecule is O=C(N/N=C/c1cc(Cl)cc(Cl)c1O)c1ccccc1NC(=S)N/N=C/c1cc(Cl)cc(Cl)c1O. The molecule has 0 bridgehead atoms. The first-order valence-electron chi connectivity index (χ1n) is 9.54. The van der Waals surface area contributed by atoms with E-state index in [0.29, 0.717) is 15.7 Å². The van der Waals surface area contributed by atoms with Gasteiger partial charge in [-0.05, 0) is 48.6 Å². The highest BCUT2D eigenvalue weighted by Gasteiger charge is 2.12. The second-order valence-electron chi connectivity index (χ2n) is 6.72. The van der Waals surface area contributed by atoms with E-state index in [0.717, 1.165) is 0 Å². The number of thiocarbonyl (C=S) groups is 1. The van der Waals surface area contributed by atoms with Gasteiger partial charge >= 0.3 is 0 Å². The number of rotatable bonds is 6. The maximum atomic E-state index is 12.6. The van der Waals surface area contributed by atoms with Crippen LogP contribution < -0.4 is 16.2 Å². The lowest BCUT2D eigenvalue weighted by atomic mass is 10.1. The van der Waals surface area contributed by atoms with Gasteiger partial charge in [-0.2, -0.15) is 10.2 Å². The smallest absolute Gasteiger partial charge is 0.273 e. The van der Waals surface area contributed by atoms with Gasteiger partial charge in [0.05, 0.1) is 33.7 Å². The second-order valence-corrected chi connectivity index (χ2v) is 8.82. The van der Waals surface area contributed by atoms with Crippen molar-refractivity contribution in [3.8, 4) is 11.5 Å². The molecule has 5 N–H and O–H groups in total. The maximum absolute atomic E-state index is 12.6. The molecule has 3 aromatic rings. The maximum Gasteiger partial charge on any atom is 0.273 e. The normalized spacial score (nSPS) is 11.1. The monoisotopic (exact) mass is 569 g/mol. The molecule has 8 nitrogen and oxygen atoms in total. The number of hydrogen-bond donors (Lipinski definition) is 5. The van der Waals surface area contributed by atoms with E-state index in [-0.39, 0.29) is 43.3 Å². The molecule has 13 heteroatoms. The van der Waals surface area contributed by atoms with Crippen LogP contribution in [-0.4, -0.2) is 33.7 Å². The Hall–Kier alpha value is -3.08. The van der Waals surface area contributed by atoms with Crippen LogP contribution in [0.3, 0.4) is 0 Å². The van der Waals surface area contributed by atoms with Gasteiger partial charge in [0.25, 0.3) is 5.91 Å². The van der Waals surface area contributed by atoms with Crippen molar-refractivity contribution in [3.05, 3.63) is 85.3 Å². The number of phenolic OH excluding ortho intramolecular Hbond substituents is 2. The van der Waals surface area contributed by atoms with E-state index in [2.05, 4.69) is 26.4 Å². The van der Waals surface area contributed by atoms with Crippen LogP contribution in [0, 0.1) is 0 Å². The molecular formula is C22H15Cl4N5O3S. The minimum Gasteiger partial charge on any atom is -0.506 e. The van der Waals surface area contributed by atoms with Crippen molar-refractivity contribution in [2.45, 2.75) is 0 Å². The zero-order chi connectivity index (χ0) is 25.5. The van der Waals surface area contributed by atoms with E-state index in [9.17, 15) is 15.0 Å². The molecule has 0 aliphatic rings. The predicted molar refractivity (Wildman–Crippen MR) is 145 cm³/mol. The van der Waals surface area contributed by atoms with Gasteiger partial charge in [0, 0.05) is 21.2 Å². The molecule has 3 aromatic carbocycles. The Bertz CT molecular complexity index is 1350. The van der Waals surface area contributed by atoms with Crippen LogP contribution in [0.1, 0.15) is 21.5 Å². The fourth-order valence-corrected chi connectivity index (χ4v) is 3.87. The molecule has 0 heterocycles. The lowest BCUT2D eigenvalue weighted by molar-refractivity contribution is 0.0956. The van der Waals surface area contributed by atoms with E-state index in [4.69, 9.17) is 58.6 Å². The Morgan fingerprint density at radius 2 is 1.34 bits per heavy atom. The predicted octanol–water partition coefficient (Wildman–Crippen LogP) is 5.80. The average Bonchev–Trinajstić information content (AvgIpc) is 2.80. The number of aromatic hydroxyl groups is 2. The molecule has 0 spiro atoms. The molecule has 0 radical (unpaired) electrons. The van der Waals surface area contributed by atoms with Gasteiger partial charge in [-0.1, -0.05) is 58.5 Å². The molecule has 0 aliphatic heterocycles. The Balaban J connectivity index is 1.65. The van der Waals surface area contributed by atoms with Crippen LogP contribution in [0.2, 0.25) is 20.1 Å². The number of phenols is 2. The Morgan fingerprint density at radius 3 is 1.91 bits per heavy atom. The summed E-state index contributed by atoms with van der Waals surface area (Å²) < 4.78 is 0. The Labute approximate surface area is 225 Å². The zero-order valence-corrected chi connectivity index (χ0v) is 21.2. The summed E-state index contributed by atoms with van der Waals surface area (Å²) in [6.07, 6.45) is 2.49. The molecule has 0 aromatic heterocycles. The average molecular weight is 571 g/mol. The highest BCUT2D eigenvalue weighted by atomic mass is 35.5. The fraction of sp³-hybridized carbons (Fsp3) is 0. The van der Waals surface area contributed by atoms with Crippen LogP contribution in [0.5, 0.6) is 11.5 Å². The van der Waals surface area contributed by atoms with Gasteiger partial charge in [-0.25, -0.2) is 5.43 Å². The standard InChI is InChI=1S/C22H15Cl4N5O3S/c23-13-5-11(19(32)16(25)7-13)9-27-30-21(34)15-3-1-2-4-18(15)29-22(35)31-28-10-12-6-14(24)8-17(26)20(12)33/h1-10,32-33H,(H,30,34)(H2,29,31,35)/b27-9+,28-10+. The molecule has 35 heavy (non-hydrogen) atoms. The first-order chi connectivity index (χ1) is 16.7. The number of para-hydroxylation sites is 1. The zero-order valence-electron chi connectivity index (χ0n) is 17.4. The van der Waals surface area contributed by atoms with Crippen molar-refractivity contribution >= 4 is 87.8 Å². The molecule has 0 saturated carbocycles. The summed E-state index contributed by atoms with van der Waals surface area (Å²) >= 11 is 28.8. The molecule has 0 unspecified atom stereocenters. The number of nitrogens with zero attached hydrogens (tertiary/aromatic N) is 2. The van der Waals surface area contributed by atoms with Crippen LogP contribution in [0.25, 0.3) is 0 Å². The van der Waals surface area contributed by atoms with E-state index >= 15 is 0 Å². The number of nitrogens with one attached hydrogen (secondary N) is 3. The van der Waals surface area contributed by atoms with E-state index < -0.39 is 5.91 Å². The molecule has 3 rings (SSSR count). The Kier molecular flexibility index (Phi) is 9.13. The molecule has 180 valence electrons. The highest BCUT2D eigenvalue weighted by Crippen LogP contribution is 2.31. The summed E-state index contributed by atoms with van der Waals surface area (Å²) in [4.78, 5) is 12.6. The lowest BCUT2D eigenvalue weighted by Gasteiger charge is -2.11. The lowest BCUT2D eigenvalue weighted by Crippen LogP contribution is -2.26. The first-order valence-corrected chi connectivity index (χ1v) is 11.5. The molecule has 0 atom stereocenters. The quantitative estimate of drug-likeness (QED) is 0.145. The molecule has 0 fully saturated rings. The highest BCUT2D eigenvalue weighted by molar-refractivity contribution is 7.80. The fourth-order valence-electron chi connectivity index (χ4n) is 2.69. The van der Waals surface area contributed by atoms with Gasteiger partial charge in [0.15, 0.2) is 5.11 Å². The number of benzene rings is 3. The number of amides is 1. The summed E-state index contributed by atoms with van der Waals surface area (Å²) in [5.74, 6) is -0.959. The largest absolute Gasteiger partial charge is 0.506 e. The summed E-state index contributed by atoms with van der Waals surface area (Å²) in [6, 6.07) is 12.2. The van der Waals surface area contributed by atoms with Crippen molar-refractivity contribution in [1.82, 2.24) is 10.9 Å². The van der Waals surface area contributed by atoms with Crippen molar-refractivity contribution in [1.29, 1.82) is 0 Å². The third-order valence-corrected chi connectivity index (χ3v) is 5.48. The number of hydrazone groups is 2. The minimum absolute atomic E-state index is 0.0529. The summed E-state index contributed by atoms with van der Waals surface area (Å²) in [5, 5.41) is 31.4. The molecule has 1 amide bonds. The molecule has 0 aliphatic carbocycles. The number of carbonyl (C=O) groups is 1. The summed E-state index contributed by atoms with van der Waals surface area (Å²) in [6.45, 7) is 0.